The summed E-state index contributed by atoms with van der Waals surface area (Å²) in [5.41, 5.74) is 1.63. The van der Waals surface area contributed by atoms with Crippen LogP contribution in [0.5, 0.6) is 0 Å². The zero-order valence-corrected chi connectivity index (χ0v) is 15.2. The Hall–Kier alpha value is -0.380. The molecular weight excluding hydrogens is 276 g/mol. The highest BCUT2D eigenvalue weighted by Crippen LogP contribution is 2.33. The van der Waals surface area contributed by atoms with Gasteiger partial charge in [-0.05, 0) is 70.7 Å². The topological polar surface area (TPSA) is 15.3 Å². The molecule has 0 radical (unpaired) electrons. The van der Waals surface area contributed by atoms with Crippen LogP contribution in [0.15, 0.2) is 6.07 Å². The van der Waals surface area contributed by atoms with Gasteiger partial charge in [-0.1, -0.05) is 13.8 Å². The molecule has 1 aromatic rings. The fourth-order valence-electron chi connectivity index (χ4n) is 3.37. The van der Waals surface area contributed by atoms with Gasteiger partial charge in [0.2, 0.25) is 0 Å². The minimum atomic E-state index is 0.476. The molecule has 0 spiro atoms. The summed E-state index contributed by atoms with van der Waals surface area (Å²) in [6.07, 6.45) is 6.60. The van der Waals surface area contributed by atoms with E-state index in [4.69, 9.17) is 0 Å². The molecule has 1 aliphatic carbocycles. The number of hydrogen-bond donors (Lipinski definition) is 1. The van der Waals surface area contributed by atoms with E-state index in [9.17, 15) is 0 Å². The lowest BCUT2D eigenvalue weighted by atomic mass is 9.98. The van der Waals surface area contributed by atoms with E-state index >= 15 is 0 Å². The molecule has 0 saturated heterocycles. The van der Waals surface area contributed by atoms with E-state index in [0.717, 1.165) is 12.5 Å². The average Bonchev–Trinajstić information content (AvgIpc) is 2.80. The van der Waals surface area contributed by atoms with Crippen LogP contribution in [-0.2, 0) is 12.8 Å². The Morgan fingerprint density at radius 1 is 1.19 bits per heavy atom. The number of nitrogens with zero attached hydrogens (tertiary/aromatic N) is 1. The normalized spacial score (nSPS) is 18.0. The van der Waals surface area contributed by atoms with Crippen molar-refractivity contribution in [3.05, 3.63) is 21.4 Å². The van der Waals surface area contributed by atoms with Crippen molar-refractivity contribution < 1.29 is 0 Å². The number of aryl methyl sites for hydroxylation is 2. The Balaban J connectivity index is 2.00. The molecule has 21 heavy (non-hydrogen) atoms. The number of thiophene rings is 1. The second kappa shape index (κ2) is 7.75. The lowest BCUT2D eigenvalue weighted by Crippen LogP contribution is -2.40. The largest absolute Gasteiger partial charge is 0.308 e. The van der Waals surface area contributed by atoms with Crippen LogP contribution in [0.2, 0.25) is 0 Å². The number of rotatable bonds is 7. The maximum absolute atomic E-state index is 3.87. The predicted molar refractivity (Wildman–Crippen MR) is 94.3 cm³/mol. The van der Waals surface area contributed by atoms with Crippen LogP contribution in [0.3, 0.4) is 0 Å². The molecule has 1 aliphatic rings. The Morgan fingerprint density at radius 3 is 2.52 bits per heavy atom. The van der Waals surface area contributed by atoms with Gasteiger partial charge >= 0.3 is 0 Å². The molecule has 0 aliphatic heterocycles. The van der Waals surface area contributed by atoms with Gasteiger partial charge in [0.15, 0.2) is 0 Å². The molecule has 2 atom stereocenters. The van der Waals surface area contributed by atoms with Crippen LogP contribution < -0.4 is 5.32 Å². The van der Waals surface area contributed by atoms with Gasteiger partial charge in [-0.2, -0.15) is 0 Å². The highest BCUT2D eigenvalue weighted by molar-refractivity contribution is 7.12. The highest BCUT2D eigenvalue weighted by Gasteiger charge is 2.20. The summed E-state index contributed by atoms with van der Waals surface area (Å²) in [7, 11) is 4.34. The molecule has 2 unspecified atom stereocenters. The number of fused-ring (bicyclic) bond motifs is 1. The first-order chi connectivity index (χ1) is 9.95. The molecule has 120 valence electrons. The molecule has 2 rings (SSSR count). The highest BCUT2D eigenvalue weighted by atomic mass is 32.1. The predicted octanol–water partition coefficient (Wildman–Crippen LogP) is 4.25. The Bertz CT molecular complexity index is 403. The molecule has 0 saturated carbocycles. The lowest BCUT2D eigenvalue weighted by molar-refractivity contribution is 0.291. The van der Waals surface area contributed by atoms with E-state index < -0.39 is 0 Å². The smallest absolute Gasteiger partial charge is 0.0388 e. The van der Waals surface area contributed by atoms with Crippen molar-refractivity contribution in [1.82, 2.24) is 10.2 Å². The molecular formula is C18H32N2S. The van der Waals surface area contributed by atoms with Gasteiger partial charge < -0.3 is 10.2 Å². The first-order valence-electron chi connectivity index (χ1n) is 8.48. The average molecular weight is 309 g/mol. The summed E-state index contributed by atoms with van der Waals surface area (Å²) in [6, 6.07) is 3.53. The molecule has 1 N–H and O–H groups in total. The third kappa shape index (κ3) is 5.08. The first kappa shape index (κ1) is 17.0. The maximum atomic E-state index is 3.87. The minimum absolute atomic E-state index is 0.476. The quantitative estimate of drug-likeness (QED) is 0.810. The van der Waals surface area contributed by atoms with Gasteiger partial charge in [-0.3, -0.25) is 0 Å². The summed E-state index contributed by atoms with van der Waals surface area (Å²) in [5, 5.41) is 3.87. The van der Waals surface area contributed by atoms with E-state index in [-0.39, 0.29) is 0 Å². The van der Waals surface area contributed by atoms with Crippen molar-refractivity contribution in [3.8, 4) is 0 Å². The summed E-state index contributed by atoms with van der Waals surface area (Å²) in [5.74, 6) is 0.742. The van der Waals surface area contributed by atoms with Gasteiger partial charge in [0.05, 0.1) is 0 Å². The van der Waals surface area contributed by atoms with E-state index in [0.29, 0.717) is 12.1 Å². The second-order valence-electron chi connectivity index (χ2n) is 7.28. The van der Waals surface area contributed by atoms with E-state index in [1.54, 1.807) is 10.4 Å². The molecule has 0 amide bonds. The summed E-state index contributed by atoms with van der Waals surface area (Å²) in [4.78, 5) is 5.49. The SMILES string of the molecule is CC(C)CC(CN(C)C)NC(C)c1cc2c(s1)CCCC2. The number of likely N-dealkylation sites (N-methyl/N-ethyl adjacent to an activating group) is 1. The molecule has 1 aromatic heterocycles. The fourth-order valence-corrected chi connectivity index (χ4v) is 4.64. The molecule has 0 fully saturated rings. The van der Waals surface area contributed by atoms with Crippen LogP contribution >= 0.6 is 11.3 Å². The Kier molecular flexibility index (Phi) is 6.27. The molecule has 3 heteroatoms. The van der Waals surface area contributed by atoms with Crippen molar-refractivity contribution >= 4 is 11.3 Å². The summed E-state index contributed by atoms with van der Waals surface area (Å²) in [6.45, 7) is 8.09. The number of hydrogen-bond acceptors (Lipinski definition) is 3. The van der Waals surface area contributed by atoms with E-state index in [1.165, 1.54) is 37.0 Å². The maximum Gasteiger partial charge on any atom is 0.0388 e. The zero-order chi connectivity index (χ0) is 15.4. The third-order valence-corrected chi connectivity index (χ3v) is 5.69. The van der Waals surface area contributed by atoms with Gasteiger partial charge in [-0.25, -0.2) is 0 Å². The van der Waals surface area contributed by atoms with Crippen molar-refractivity contribution in [2.75, 3.05) is 20.6 Å². The van der Waals surface area contributed by atoms with Gasteiger partial charge in [-0.15, -0.1) is 11.3 Å². The lowest BCUT2D eigenvalue weighted by Gasteiger charge is -2.27. The van der Waals surface area contributed by atoms with Gasteiger partial charge in [0.25, 0.3) is 0 Å². The summed E-state index contributed by atoms with van der Waals surface area (Å²) >= 11 is 2.05. The molecule has 2 nitrogen and oxygen atoms in total. The second-order valence-corrected chi connectivity index (χ2v) is 8.45. The van der Waals surface area contributed by atoms with Crippen molar-refractivity contribution in [2.24, 2.45) is 5.92 Å². The minimum Gasteiger partial charge on any atom is -0.308 e. The van der Waals surface area contributed by atoms with Crippen LogP contribution in [0, 0.1) is 5.92 Å². The van der Waals surface area contributed by atoms with Crippen LogP contribution in [0.4, 0.5) is 0 Å². The van der Waals surface area contributed by atoms with Gasteiger partial charge in [0.1, 0.15) is 0 Å². The van der Waals surface area contributed by atoms with Crippen molar-refractivity contribution in [3.63, 3.8) is 0 Å². The van der Waals surface area contributed by atoms with Crippen LogP contribution in [-0.4, -0.2) is 31.6 Å². The Morgan fingerprint density at radius 2 is 1.90 bits per heavy atom. The van der Waals surface area contributed by atoms with Crippen LogP contribution in [0.1, 0.15) is 61.4 Å². The zero-order valence-electron chi connectivity index (χ0n) is 14.4. The van der Waals surface area contributed by atoms with Crippen LogP contribution in [0.25, 0.3) is 0 Å². The monoisotopic (exact) mass is 308 g/mol. The Labute approximate surface area is 134 Å². The van der Waals surface area contributed by atoms with Crippen molar-refractivity contribution in [1.29, 1.82) is 0 Å². The molecule has 0 aromatic carbocycles. The van der Waals surface area contributed by atoms with Crippen molar-refractivity contribution in [2.45, 2.75) is 65.0 Å². The first-order valence-corrected chi connectivity index (χ1v) is 9.29. The van der Waals surface area contributed by atoms with E-state index in [1.807, 2.05) is 11.3 Å². The molecule has 0 bridgehead atoms. The fraction of sp³-hybridized carbons (Fsp3) is 0.778. The number of nitrogens with one attached hydrogen (secondary N) is 1. The molecule has 1 heterocycles. The van der Waals surface area contributed by atoms with Gasteiger partial charge in [0, 0.05) is 28.4 Å². The third-order valence-electron chi connectivity index (χ3n) is 4.27. The standard InChI is InChI=1S/C18H32N2S/c1-13(2)10-16(12-20(4)5)19-14(3)18-11-15-8-6-7-9-17(15)21-18/h11,13-14,16,19H,6-10,12H2,1-5H3. The summed E-state index contributed by atoms with van der Waals surface area (Å²) < 4.78 is 0. The van der Waals surface area contributed by atoms with E-state index in [2.05, 4.69) is 51.1 Å².